The molecule has 0 saturated carbocycles. The van der Waals surface area contributed by atoms with E-state index in [1.165, 1.54) is 14.1 Å². The van der Waals surface area contributed by atoms with Crippen LogP contribution in [0.3, 0.4) is 0 Å². The molecule has 0 aliphatic heterocycles. The maximum atomic E-state index is 12.9. The van der Waals surface area contributed by atoms with E-state index in [1.807, 2.05) is 55.6 Å². The van der Waals surface area contributed by atoms with E-state index in [9.17, 15) is 14.7 Å². The van der Waals surface area contributed by atoms with Crippen molar-refractivity contribution in [1.82, 2.24) is 14.1 Å². The number of benzene rings is 2. The lowest BCUT2D eigenvalue weighted by Gasteiger charge is -2.13. The third kappa shape index (κ3) is 3.70. The molecule has 2 aromatic heterocycles. The number of aliphatic imine (C=N–C) groups is 1. The average molecular weight is 416 g/mol. The molecule has 0 saturated heterocycles. The molecular formula is C24H24N4O3. The molecule has 0 bridgehead atoms. The third-order valence-electron chi connectivity index (χ3n) is 5.52. The van der Waals surface area contributed by atoms with Gasteiger partial charge in [0.15, 0.2) is 0 Å². The normalized spacial score (nSPS) is 11.9. The predicted octanol–water partition coefficient (Wildman–Crippen LogP) is 2.66. The first-order valence-corrected chi connectivity index (χ1v) is 10.0. The molecule has 0 aliphatic carbocycles. The van der Waals surface area contributed by atoms with Crippen molar-refractivity contribution in [3.05, 3.63) is 97.8 Å². The quantitative estimate of drug-likeness (QED) is 0.490. The van der Waals surface area contributed by atoms with Gasteiger partial charge in [0.2, 0.25) is 5.88 Å². The summed E-state index contributed by atoms with van der Waals surface area (Å²) in [6.07, 6.45) is 2.63. The number of rotatable bonds is 5. The Morgan fingerprint density at radius 3 is 2.48 bits per heavy atom. The lowest BCUT2D eigenvalue weighted by atomic mass is 10.0. The fraction of sp³-hybridized carbons (Fsp3) is 0.208. The topological polar surface area (TPSA) is 92.4 Å². The van der Waals surface area contributed by atoms with E-state index in [0.717, 1.165) is 31.2 Å². The van der Waals surface area contributed by atoms with E-state index >= 15 is 0 Å². The van der Waals surface area contributed by atoms with Crippen molar-refractivity contribution >= 4 is 16.6 Å². The summed E-state index contributed by atoms with van der Waals surface area (Å²) in [5.74, 6) is -0.389. The summed E-state index contributed by atoms with van der Waals surface area (Å²) >= 11 is 0. The summed E-state index contributed by atoms with van der Waals surface area (Å²) in [7, 11) is 2.83. The summed E-state index contributed by atoms with van der Waals surface area (Å²) in [5, 5.41) is 11.8. The predicted molar refractivity (Wildman–Crippen MR) is 122 cm³/mol. The van der Waals surface area contributed by atoms with Crippen LogP contribution in [0.2, 0.25) is 0 Å². The van der Waals surface area contributed by atoms with Gasteiger partial charge < -0.3 is 10.1 Å². The first kappa shape index (κ1) is 20.4. The zero-order chi connectivity index (χ0) is 22.1. The third-order valence-corrected chi connectivity index (χ3v) is 5.52. The molecule has 4 aromatic rings. The summed E-state index contributed by atoms with van der Waals surface area (Å²) in [6.45, 7) is 2.39. The minimum absolute atomic E-state index is 0.0207. The number of aromatic amines is 1. The van der Waals surface area contributed by atoms with Crippen molar-refractivity contribution in [2.75, 3.05) is 6.54 Å². The molecule has 2 heterocycles. The van der Waals surface area contributed by atoms with Crippen molar-refractivity contribution in [3.8, 4) is 5.88 Å². The molecule has 0 radical (unpaired) electrons. The van der Waals surface area contributed by atoms with Gasteiger partial charge in [-0.2, -0.15) is 0 Å². The number of fused-ring (bicyclic) bond motifs is 1. The van der Waals surface area contributed by atoms with Crippen LogP contribution in [0.15, 0.2) is 69.3 Å². The maximum Gasteiger partial charge on any atom is 0.333 e. The highest BCUT2D eigenvalue weighted by atomic mass is 16.3. The molecule has 4 rings (SSSR count). The second kappa shape index (κ2) is 8.10. The summed E-state index contributed by atoms with van der Waals surface area (Å²) in [4.78, 5) is 33.1. The summed E-state index contributed by atoms with van der Waals surface area (Å²) in [6, 6.07) is 15.6. The number of aromatic hydroxyl groups is 1. The van der Waals surface area contributed by atoms with E-state index in [-0.39, 0.29) is 11.4 Å². The molecule has 0 aliphatic rings. The molecular weight excluding hydrogens is 392 g/mol. The van der Waals surface area contributed by atoms with E-state index in [0.29, 0.717) is 24.2 Å². The van der Waals surface area contributed by atoms with Crippen LogP contribution in [0, 0.1) is 6.92 Å². The van der Waals surface area contributed by atoms with Crippen LogP contribution in [0.5, 0.6) is 5.88 Å². The molecule has 7 heteroatoms. The molecule has 0 unspecified atom stereocenters. The largest absolute Gasteiger partial charge is 0.494 e. The van der Waals surface area contributed by atoms with E-state index < -0.39 is 11.2 Å². The van der Waals surface area contributed by atoms with Crippen molar-refractivity contribution in [1.29, 1.82) is 0 Å². The molecule has 7 nitrogen and oxygen atoms in total. The van der Waals surface area contributed by atoms with Crippen LogP contribution in [0.4, 0.5) is 0 Å². The van der Waals surface area contributed by atoms with Gasteiger partial charge in [0, 0.05) is 43.3 Å². The van der Waals surface area contributed by atoms with E-state index in [2.05, 4.69) is 11.1 Å². The first-order valence-electron chi connectivity index (χ1n) is 10.0. The number of hydrogen-bond donors (Lipinski definition) is 2. The number of aromatic nitrogens is 3. The van der Waals surface area contributed by atoms with Gasteiger partial charge in [0.1, 0.15) is 5.56 Å². The van der Waals surface area contributed by atoms with Gasteiger partial charge in [-0.15, -0.1) is 0 Å². The van der Waals surface area contributed by atoms with Crippen LogP contribution in [0.1, 0.15) is 22.3 Å². The molecule has 158 valence electrons. The Kier molecular flexibility index (Phi) is 5.33. The molecule has 0 spiro atoms. The van der Waals surface area contributed by atoms with Gasteiger partial charge in [-0.1, -0.05) is 48.0 Å². The standard InChI is InChI=1S/C24H24N4O3/c1-15-8-10-16(11-9-15)21(20-22(29)27(2)24(31)28(3)23(20)30)25-13-12-17-14-26-19-7-5-4-6-18(17)19/h4-11,14,26,29H,12-13H2,1-3H3. The Hall–Kier alpha value is -3.87. The number of nitrogens with zero attached hydrogens (tertiary/aromatic N) is 3. The Labute approximate surface area is 178 Å². The van der Waals surface area contributed by atoms with E-state index in [4.69, 9.17) is 4.99 Å². The fourth-order valence-electron chi connectivity index (χ4n) is 3.69. The minimum atomic E-state index is -0.590. The van der Waals surface area contributed by atoms with Gasteiger partial charge in [-0.25, -0.2) is 4.79 Å². The minimum Gasteiger partial charge on any atom is -0.494 e. The second-order valence-electron chi connectivity index (χ2n) is 7.61. The van der Waals surface area contributed by atoms with Crippen molar-refractivity contribution in [3.63, 3.8) is 0 Å². The van der Waals surface area contributed by atoms with E-state index in [1.54, 1.807) is 0 Å². The average Bonchev–Trinajstić information content (AvgIpc) is 3.19. The highest BCUT2D eigenvalue weighted by Gasteiger charge is 2.21. The fourth-order valence-corrected chi connectivity index (χ4v) is 3.69. The zero-order valence-electron chi connectivity index (χ0n) is 17.7. The monoisotopic (exact) mass is 416 g/mol. The van der Waals surface area contributed by atoms with Gasteiger partial charge in [0.05, 0.1) is 5.71 Å². The highest BCUT2D eigenvalue weighted by Crippen LogP contribution is 2.20. The SMILES string of the molecule is Cc1ccc(C(=NCCc2c[nH]c3ccccc23)c2c(O)n(C)c(=O)n(C)c2=O)cc1. The first-order chi connectivity index (χ1) is 14.9. The molecule has 0 amide bonds. The second-order valence-corrected chi connectivity index (χ2v) is 7.61. The van der Waals surface area contributed by atoms with Crippen LogP contribution in [0.25, 0.3) is 10.9 Å². The molecule has 0 atom stereocenters. The number of aryl methyl sites for hydroxylation is 1. The summed E-state index contributed by atoms with van der Waals surface area (Å²) < 4.78 is 2.04. The molecule has 31 heavy (non-hydrogen) atoms. The lowest BCUT2D eigenvalue weighted by Crippen LogP contribution is -2.40. The van der Waals surface area contributed by atoms with Crippen molar-refractivity contribution in [2.45, 2.75) is 13.3 Å². The van der Waals surface area contributed by atoms with Crippen LogP contribution < -0.4 is 11.2 Å². The Morgan fingerprint density at radius 1 is 1.03 bits per heavy atom. The maximum absolute atomic E-state index is 12.9. The van der Waals surface area contributed by atoms with Crippen LogP contribution in [-0.4, -0.2) is 31.5 Å². The Morgan fingerprint density at radius 2 is 1.74 bits per heavy atom. The highest BCUT2D eigenvalue weighted by molar-refractivity contribution is 6.14. The Balaban J connectivity index is 1.80. The smallest absolute Gasteiger partial charge is 0.333 e. The lowest BCUT2D eigenvalue weighted by molar-refractivity contribution is 0.410. The van der Waals surface area contributed by atoms with Crippen LogP contribution >= 0.6 is 0 Å². The number of para-hydroxylation sites is 1. The van der Waals surface area contributed by atoms with Crippen LogP contribution in [-0.2, 0) is 20.5 Å². The summed E-state index contributed by atoms with van der Waals surface area (Å²) in [5.41, 5.74) is 3.18. The van der Waals surface area contributed by atoms with Gasteiger partial charge in [-0.05, 0) is 25.0 Å². The number of H-pyrrole nitrogens is 1. The van der Waals surface area contributed by atoms with Gasteiger partial charge in [-0.3, -0.25) is 18.9 Å². The van der Waals surface area contributed by atoms with Gasteiger partial charge >= 0.3 is 5.69 Å². The van der Waals surface area contributed by atoms with Crippen molar-refractivity contribution in [2.24, 2.45) is 19.1 Å². The van der Waals surface area contributed by atoms with Gasteiger partial charge in [0.25, 0.3) is 5.56 Å². The molecule has 2 N–H and O–H groups in total. The molecule has 0 fully saturated rings. The zero-order valence-corrected chi connectivity index (χ0v) is 17.7. The molecule has 2 aromatic carbocycles. The Bertz CT molecular complexity index is 1410. The number of hydrogen-bond acceptors (Lipinski definition) is 4. The van der Waals surface area contributed by atoms with Crippen molar-refractivity contribution < 1.29 is 5.11 Å². The number of nitrogens with one attached hydrogen (secondary N) is 1.